The lowest BCUT2D eigenvalue weighted by Crippen LogP contribution is -2.36. The van der Waals surface area contributed by atoms with Crippen LogP contribution in [0.4, 0.5) is 11.4 Å². The molecule has 1 aliphatic heterocycles. The van der Waals surface area contributed by atoms with E-state index in [2.05, 4.69) is 75.9 Å². The highest BCUT2D eigenvalue weighted by molar-refractivity contribution is 5.64. The Hall–Kier alpha value is -2.79. The summed E-state index contributed by atoms with van der Waals surface area (Å²) in [6.45, 7) is 6.33. The molecule has 26 heavy (non-hydrogen) atoms. The molecule has 1 aromatic heterocycles. The average molecular weight is 348 g/mol. The summed E-state index contributed by atoms with van der Waals surface area (Å²) in [6, 6.07) is 17.0. The third kappa shape index (κ3) is 3.73. The number of aromatic amines is 1. The number of aromatic nitrogens is 2. The number of benzene rings is 2. The molecule has 134 valence electrons. The van der Waals surface area contributed by atoms with E-state index in [0.29, 0.717) is 0 Å². The summed E-state index contributed by atoms with van der Waals surface area (Å²) in [5, 5.41) is 10.9. The predicted octanol–water partition coefficient (Wildman–Crippen LogP) is 3.83. The first-order valence-corrected chi connectivity index (χ1v) is 9.05. The number of hydrogen-bond donors (Lipinski definition) is 2. The molecule has 1 saturated heterocycles. The Kier molecular flexibility index (Phi) is 4.88. The van der Waals surface area contributed by atoms with Crippen molar-refractivity contribution in [2.75, 3.05) is 36.5 Å². The largest absolute Gasteiger partial charge is 0.381 e. The van der Waals surface area contributed by atoms with Crippen LogP contribution in [0, 0.1) is 6.92 Å². The maximum Gasteiger partial charge on any atom is 0.0700 e. The molecule has 0 bridgehead atoms. The van der Waals surface area contributed by atoms with E-state index < -0.39 is 0 Å². The fourth-order valence-electron chi connectivity index (χ4n) is 3.33. The van der Waals surface area contributed by atoms with Gasteiger partial charge in [-0.05, 0) is 31.2 Å². The number of anilines is 2. The van der Waals surface area contributed by atoms with Crippen LogP contribution in [0.2, 0.25) is 0 Å². The quantitative estimate of drug-likeness (QED) is 0.736. The number of nitrogens with one attached hydrogen (secondary N) is 2. The van der Waals surface area contributed by atoms with Gasteiger partial charge in [-0.2, -0.15) is 5.10 Å². The van der Waals surface area contributed by atoms with Crippen molar-refractivity contribution in [1.29, 1.82) is 0 Å². The van der Waals surface area contributed by atoms with Crippen LogP contribution in [-0.4, -0.2) is 36.5 Å². The summed E-state index contributed by atoms with van der Waals surface area (Å²) in [4.78, 5) is 2.37. The van der Waals surface area contributed by atoms with Gasteiger partial charge in [0.2, 0.25) is 0 Å². The molecule has 2 N–H and O–H groups in total. The minimum absolute atomic E-state index is 0.729. The number of nitrogens with zero attached hydrogens (tertiary/aromatic N) is 2. The second-order valence-corrected chi connectivity index (χ2v) is 6.64. The molecule has 0 atom stereocenters. The third-order valence-corrected chi connectivity index (χ3v) is 4.73. The van der Waals surface area contributed by atoms with Crippen LogP contribution in [-0.2, 0) is 11.3 Å². The lowest BCUT2D eigenvalue weighted by Gasteiger charge is -2.29. The second kappa shape index (κ2) is 7.62. The molecule has 0 radical (unpaired) electrons. The molecule has 1 aliphatic rings. The van der Waals surface area contributed by atoms with Gasteiger partial charge in [0.15, 0.2) is 0 Å². The third-order valence-electron chi connectivity index (χ3n) is 4.73. The van der Waals surface area contributed by atoms with E-state index >= 15 is 0 Å². The summed E-state index contributed by atoms with van der Waals surface area (Å²) in [7, 11) is 0. The van der Waals surface area contributed by atoms with E-state index in [9.17, 15) is 0 Å². The molecule has 4 rings (SSSR count). The molecule has 2 aromatic carbocycles. The van der Waals surface area contributed by atoms with Gasteiger partial charge in [-0.15, -0.1) is 0 Å². The molecule has 1 fully saturated rings. The summed E-state index contributed by atoms with van der Waals surface area (Å²) >= 11 is 0. The normalized spacial score (nSPS) is 14.4. The maximum atomic E-state index is 5.44. The Labute approximate surface area is 154 Å². The van der Waals surface area contributed by atoms with Crippen LogP contribution >= 0.6 is 0 Å². The van der Waals surface area contributed by atoms with E-state index in [1.165, 1.54) is 16.8 Å². The Balaban J connectivity index is 1.47. The van der Waals surface area contributed by atoms with E-state index in [0.717, 1.165) is 49.8 Å². The standard InChI is InChI=1S/C21H24N4O/c1-16-4-2-5-17(12-16)21-18(15-23-24-21)14-22-19-6-3-7-20(13-19)25-8-10-26-11-9-25/h2-7,12-13,15,22H,8-11,14H2,1H3,(H,23,24). The van der Waals surface area contributed by atoms with Crippen molar-refractivity contribution in [3.8, 4) is 11.3 Å². The Morgan fingerprint density at radius 1 is 1.12 bits per heavy atom. The van der Waals surface area contributed by atoms with E-state index in [4.69, 9.17) is 4.74 Å². The van der Waals surface area contributed by atoms with Crippen molar-refractivity contribution in [2.45, 2.75) is 13.5 Å². The highest BCUT2D eigenvalue weighted by Gasteiger charge is 2.12. The van der Waals surface area contributed by atoms with E-state index in [1.54, 1.807) is 0 Å². The van der Waals surface area contributed by atoms with Crippen LogP contribution in [0.1, 0.15) is 11.1 Å². The van der Waals surface area contributed by atoms with Crippen molar-refractivity contribution in [1.82, 2.24) is 10.2 Å². The van der Waals surface area contributed by atoms with Gasteiger partial charge in [-0.3, -0.25) is 5.10 Å². The second-order valence-electron chi connectivity index (χ2n) is 6.64. The molecular weight excluding hydrogens is 324 g/mol. The van der Waals surface area contributed by atoms with Gasteiger partial charge in [-0.1, -0.05) is 29.8 Å². The minimum Gasteiger partial charge on any atom is -0.381 e. The van der Waals surface area contributed by atoms with E-state index in [1.807, 2.05) is 6.20 Å². The molecule has 5 nitrogen and oxygen atoms in total. The fourth-order valence-corrected chi connectivity index (χ4v) is 3.33. The van der Waals surface area contributed by atoms with E-state index in [-0.39, 0.29) is 0 Å². The molecule has 0 saturated carbocycles. The molecule has 5 heteroatoms. The van der Waals surface area contributed by atoms with Gasteiger partial charge in [0.25, 0.3) is 0 Å². The monoisotopic (exact) mass is 348 g/mol. The summed E-state index contributed by atoms with van der Waals surface area (Å²) in [6.07, 6.45) is 1.90. The fraction of sp³-hybridized carbons (Fsp3) is 0.286. The van der Waals surface area contributed by atoms with Crippen LogP contribution in [0.3, 0.4) is 0 Å². The minimum atomic E-state index is 0.729. The number of morpholine rings is 1. The highest BCUT2D eigenvalue weighted by Crippen LogP contribution is 2.24. The zero-order valence-electron chi connectivity index (χ0n) is 15.0. The summed E-state index contributed by atoms with van der Waals surface area (Å²) < 4.78 is 5.44. The smallest absolute Gasteiger partial charge is 0.0700 e. The van der Waals surface area contributed by atoms with Gasteiger partial charge in [0, 0.05) is 42.1 Å². The topological polar surface area (TPSA) is 53.2 Å². The molecule has 0 unspecified atom stereocenters. The van der Waals surface area contributed by atoms with Gasteiger partial charge in [0.1, 0.15) is 0 Å². The first-order valence-electron chi connectivity index (χ1n) is 9.05. The van der Waals surface area contributed by atoms with Crippen molar-refractivity contribution in [3.63, 3.8) is 0 Å². The lowest BCUT2D eigenvalue weighted by molar-refractivity contribution is 0.122. The van der Waals surface area contributed by atoms with Crippen LogP contribution in [0.15, 0.2) is 54.7 Å². The Morgan fingerprint density at radius 3 is 2.81 bits per heavy atom. The zero-order chi connectivity index (χ0) is 17.8. The molecule has 0 spiro atoms. The summed E-state index contributed by atoms with van der Waals surface area (Å²) in [5.74, 6) is 0. The van der Waals surface area contributed by atoms with Gasteiger partial charge >= 0.3 is 0 Å². The van der Waals surface area contributed by atoms with Gasteiger partial charge < -0.3 is 15.0 Å². The van der Waals surface area contributed by atoms with Crippen molar-refractivity contribution in [3.05, 3.63) is 65.9 Å². The van der Waals surface area contributed by atoms with Gasteiger partial charge in [0.05, 0.1) is 25.1 Å². The maximum absolute atomic E-state index is 5.44. The van der Waals surface area contributed by atoms with Gasteiger partial charge in [-0.25, -0.2) is 0 Å². The lowest BCUT2D eigenvalue weighted by atomic mass is 10.1. The number of ether oxygens (including phenoxy) is 1. The summed E-state index contributed by atoms with van der Waals surface area (Å²) in [5.41, 5.74) is 7.00. The average Bonchev–Trinajstić information content (AvgIpc) is 3.16. The number of aryl methyl sites for hydroxylation is 1. The molecule has 2 heterocycles. The first kappa shape index (κ1) is 16.7. The molecule has 0 aliphatic carbocycles. The molecular formula is C21H24N4O. The van der Waals surface area contributed by atoms with Crippen LogP contribution < -0.4 is 10.2 Å². The van der Waals surface area contributed by atoms with Crippen molar-refractivity contribution >= 4 is 11.4 Å². The Morgan fingerprint density at radius 2 is 1.96 bits per heavy atom. The number of hydrogen-bond acceptors (Lipinski definition) is 4. The predicted molar refractivity (Wildman–Crippen MR) is 106 cm³/mol. The SMILES string of the molecule is Cc1cccc(-c2[nH]ncc2CNc2cccc(N3CCOCC3)c2)c1. The number of rotatable bonds is 5. The highest BCUT2D eigenvalue weighted by atomic mass is 16.5. The van der Waals surface area contributed by atoms with Crippen molar-refractivity contribution < 1.29 is 4.74 Å². The molecule has 3 aromatic rings. The van der Waals surface area contributed by atoms with Crippen molar-refractivity contribution in [2.24, 2.45) is 0 Å². The Bertz CT molecular complexity index is 868. The first-order chi connectivity index (χ1) is 12.8. The van der Waals surface area contributed by atoms with Crippen LogP contribution in [0.25, 0.3) is 11.3 Å². The zero-order valence-corrected chi connectivity index (χ0v) is 15.0. The van der Waals surface area contributed by atoms with Crippen LogP contribution in [0.5, 0.6) is 0 Å². The number of H-pyrrole nitrogens is 1. The molecule has 0 amide bonds.